The summed E-state index contributed by atoms with van der Waals surface area (Å²) in [5.41, 5.74) is 1.57. The van der Waals surface area contributed by atoms with Gasteiger partial charge in [-0.2, -0.15) is 0 Å². The SMILES string of the molecule is CCNc1ccc(C(=O)N(C)Cc2cccc(Cl)c2)cn1. The fourth-order valence-electron chi connectivity index (χ4n) is 2.01. The Morgan fingerprint density at radius 3 is 2.76 bits per heavy atom. The molecule has 21 heavy (non-hydrogen) atoms. The highest BCUT2D eigenvalue weighted by atomic mass is 35.5. The van der Waals surface area contributed by atoms with Gasteiger partial charge in [0, 0.05) is 31.4 Å². The number of pyridine rings is 1. The minimum atomic E-state index is -0.0643. The van der Waals surface area contributed by atoms with Crippen LogP contribution in [0, 0.1) is 0 Å². The van der Waals surface area contributed by atoms with Crippen molar-refractivity contribution in [3.05, 3.63) is 58.7 Å². The number of anilines is 1. The number of nitrogens with one attached hydrogen (secondary N) is 1. The molecule has 0 unspecified atom stereocenters. The van der Waals surface area contributed by atoms with Gasteiger partial charge in [0.2, 0.25) is 0 Å². The second kappa shape index (κ2) is 7.09. The third-order valence-corrected chi connectivity index (χ3v) is 3.26. The van der Waals surface area contributed by atoms with Gasteiger partial charge in [0.15, 0.2) is 0 Å². The lowest BCUT2D eigenvalue weighted by molar-refractivity contribution is 0.0784. The highest BCUT2D eigenvalue weighted by Crippen LogP contribution is 2.14. The number of hydrogen-bond acceptors (Lipinski definition) is 3. The highest BCUT2D eigenvalue weighted by Gasteiger charge is 2.12. The lowest BCUT2D eigenvalue weighted by atomic mass is 10.2. The van der Waals surface area contributed by atoms with Gasteiger partial charge in [0.1, 0.15) is 5.82 Å². The van der Waals surface area contributed by atoms with E-state index < -0.39 is 0 Å². The summed E-state index contributed by atoms with van der Waals surface area (Å²) in [7, 11) is 1.77. The predicted molar refractivity (Wildman–Crippen MR) is 85.7 cm³/mol. The minimum absolute atomic E-state index is 0.0643. The molecule has 0 bridgehead atoms. The number of benzene rings is 1. The van der Waals surface area contributed by atoms with Gasteiger partial charge >= 0.3 is 0 Å². The van der Waals surface area contributed by atoms with Crippen LogP contribution in [-0.2, 0) is 6.54 Å². The van der Waals surface area contributed by atoms with Crippen molar-refractivity contribution in [3.63, 3.8) is 0 Å². The zero-order valence-electron chi connectivity index (χ0n) is 12.1. The number of nitrogens with zero attached hydrogens (tertiary/aromatic N) is 2. The van der Waals surface area contributed by atoms with Crippen LogP contribution in [0.15, 0.2) is 42.6 Å². The topological polar surface area (TPSA) is 45.2 Å². The maximum Gasteiger partial charge on any atom is 0.255 e. The smallest absolute Gasteiger partial charge is 0.255 e. The van der Waals surface area contributed by atoms with E-state index in [0.29, 0.717) is 17.1 Å². The molecule has 0 atom stereocenters. The molecule has 110 valence electrons. The van der Waals surface area contributed by atoms with Gasteiger partial charge in [-0.3, -0.25) is 4.79 Å². The van der Waals surface area contributed by atoms with Crippen molar-refractivity contribution in [2.24, 2.45) is 0 Å². The van der Waals surface area contributed by atoms with E-state index in [1.807, 2.05) is 37.3 Å². The van der Waals surface area contributed by atoms with Gasteiger partial charge in [0.05, 0.1) is 5.56 Å². The number of carbonyl (C=O) groups is 1. The standard InChI is InChI=1S/C16H18ClN3O/c1-3-18-15-8-7-13(10-19-15)16(21)20(2)11-12-5-4-6-14(17)9-12/h4-10H,3,11H2,1-2H3,(H,18,19). The Balaban J connectivity index is 2.04. The number of halogens is 1. The second-order valence-electron chi connectivity index (χ2n) is 4.75. The molecule has 0 saturated heterocycles. The molecule has 1 heterocycles. The molecule has 1 amide bonds. The minimum Gasteiger partial charge on any atom is -0.370 e. The normalized spacial score (nSPS) is 10.2. The predicted octanol–water partition coefficient (Wildman–Crippen LogP) is 3.44. The van der Waals surface area contributed by atoms with Gasteiger partial charge in [-0.1, -0.05) is 23.7 Å². The van der Waals surface area contributed by atoms with E-state index in [1.54, 1.807) is 24.2 Å². The van der Waals surface area contributed by atoms with E-state index in [1.165, 1.54) is 0 Å². The molecule has 2 rings (SSSR count). The molecule has 0 spiro atoms. The molecule has 0 aliphatic carbocycles. The Morgan fingerprint density at radius 2 is 2.14 bits per heavy atom. The molecule has 0 saturated carbocycles. The summed E-state index contributed by atoms with van der Waals surface area (Å²) in [6, 6.07) is 11.1. The maximum atomic E-state index is 12.3. The number of hydrogen-bond donors (Lipinski definition) is 1. The van der Waals surface area contributed by atoms with E-state index in [-0.39, 0.29) is 5.91 Å². The van der Waals surface area contributed by atoms with E-state index in [9.17, 15) is 4.79 Å². The number of amides is 1. The lowest BCUT2D eigenvalue weighted by Crippen LogP contribution is -2.26. The first-order valence-electron chi connectivity index (χ1n) is 6.80. The van der Waals surface area contributed by atoms with Crippen LogP contribution < -0.4 is 5.32 Å². The summed E-state index contributed by atoms with van der Waals surface area (Å²) < 4.78 is 0. The first-order chi connectivity index (χ1) is 10.1. The van der Waals surface area contributed by atoms with Crippen molar-refractivity contribution in [1.29, 1.82) is 0 Å². The summed E-state index contributed by atoms with van der Waals surface area (Å²) in [4.78, 5) is 18.2. The molecule has 1 aromatic carbocycles. The quantitative estimate of drug-likeness (QED) is 0.920. The largest absolute Gasteiger partial charge is 0.370 e. The zero-order chi connectivity index (χ0) is 15.2. The Hall–Kier alpha value is -2.07. The van der Waals surface area contributed by atoms with Crippen LogP contribution in [0.3, 0.4) is 0 Å². The van der Waals surface area contributed by atoms with Crippen LogP contribution in [0.25, 0.3) is 0 Å². The molecule has 0 aliphatic rings. The summed E-state index contributed by atoms with van der Waals surface area (Å²) >= 11 is 5.95. The van der Waals surface area contributed by atoms with Crippen molar-refractivity contribution in [2.75, 3.05) is 18.9 Å². The first kappa shape index (κ1) is 15.3. The van der Waals surface area contributed by atoms with Gasteiger partial charge in [-0.25, -0.2) is 4.98 Å². The van der Waals surface area contributed by atoms with Crippen LogP contribution in [0.2, 0.25) is 5.02 Å². The average molecular weight is 304 g/mol. The van der Waals surface area contributed by atoms with Crippen molar-refractivity contribution in [2.45, 2.75) is 13.5 Å². The molecule has 1 N–H and O–H groups in total. The van der Waals surface area contributed by atoms with Crippen molar-refractivity contribution in [3.8, 4) is 0 Å². The lowest BCUT2D eigenvalue weighted by Gasteiger charge is -2.17. The maximum absolute atomic E-state index is 12.3. The Kier molecular flexibility index (Phi) is 5.17. The highest BCUT2D eigenvalue weighted by molar-refractivity contribution is 6.30. The van der Waals surface area contributed by atoms with Crippen molar-refractivity contribution in [1.82, 2.24) is 9.88 Å². The number of rotatable bonds is 5. The molecule has 0 fully saturated rings. The van der Waals surface area contributed by atoms with Crippen LogP contribution >= 0.6 is 11.6 Å². The second-order valence-corrected chi connectivity index (χ2v) is 5.19. The van der Waals surface area contributed by atoms with E-state index in [4.69, 9.17) is 11.6 Å². The fraction of sp³-hybridized carbons (Fsp3) is 0.250. The van der Waals surface area contributed by atoms with Crippen LogP contribution in [0.5, 0.6) is 0 Å². The van der Waals surface area contributed by atoms with Crippen LogP contribution in [0.4, 0.5) is 5.82 Å². The van der Waals surface area contributed by atoms with E-state index in [0.717, 1.165) is 17.9 Å². The Labute approximate surface area is 129 Å². The molecule has 5 heteroatoms. The monoisotopic (exact) mass is 303 g/mol. The summed E-state index contributed by atoms with van der Waals surface area (Å²) in [5, 5.41) is 3.77. The fourth-order valence-corrected chi connectivity index (χ4v) is 2.22. The summed E-state index contributed by atoms with van der Waals surface area (Å²) in [6.07, 6.45) is 1.59. The van der Waals surface area contributed by atoms with Crippen LogP contribution in [-0.4, -0.2) is 29.4 Å². The molecule has 2 aromatic rings. The zero-order valence-corrected chi connectivity index (χ0v) is 12.9. The molecular formula is C16H18ClN3O. The van der Waals surface area contributed by atoms with Gasteiger partial charge in [-0.05, 0) is 36.8 Å². The van der Waals surface area contributed by atoms with E-state index >= 15 is 0 Å². The Morgan fingerprint density at radius 1 is 1.33 bits per heavy atom. The molecule has 4 nitrogen and oxygen atoms in total. The molecule has 0 aliphatic heterocycles. The Bertz CT molecular complexity index is 613. The van der Waals surface area contributed by atoms with Crippen molar-refractivity contribution >= 4 is 23.3 Å². The average Bonchev–Trinajstić information content (AvgIpc) is 2.47. The van der Waals surface area contributed by atoms with Crippen LogP contribution in [0.1, 0.15) is 22.8 Å². The van der Waals surface area contributed by atoms with Gasteiger partial charge in [-0.15, -0.1) is 0 Å². The summed E-state index contributed by atoms with van der Waals surface area (Å²) in [6.45, 7) is 3.31. The van der Waals surface area contributed by atoms with Gasteiger partial charge in [0.25, 0.3) is 5.91 Å². The molecular weight excluding hydrogens is 286 g/mol. The number of carbonyl (C=O) groups excluding carboxylic acids is 1. The third kappa shape index (κ3) is 4.20. The first-order valence-corrected chi connectivity index (χ1v) is 7.17. The van der Waals surface area contributed by atoms with Gasteiger partial charge < -0.3 is 10.2 Å². The number of aromatic nitrogens is 1. The third-order valence-electron chi connectivity index (χ3n) is 3.02. The summed E-state index contributed by atoms with van der Waals surface area (Å²) in [5.74, 6) is 0.706. The van der Waals surface area contributed by atoms with E-state index in [2.05, 4.69) is 10.3 Å². The van der Waals surface area contributed by atoms with Crippen molar-refractivity contribution < 1.29 is 4.79 Å². The molecule has 1 aromatic heterocycles. The molecule has 0 radical (unpaired) electrons.